The Morgan fingerprint density at radius 2 is 1.94 bits per heavy atom. The lowest BCUT2D eigenvalue weighted by atomic mass is 9.96. The predicted molar refractivity (Wildman–Crippen MR) is 68.8 cm³/mol. The molecule has 2 saturated carbocycles. The van der Waals surface area contributed by atoms with Crippen LogP contribution in [0.1, 0.15) is 51.4 Å². The molecule has 0 heterocycles. The molecule has 1 atom stereocenters. The molecule has 0 spiro atoms. The van der Waals surface area contributed by atoms with Gasteiger partial charge in [-0.25, -0.2) is 8.78 Å². The maximum absolute atomic E-state index is 13.0. The Bertz CT molecular complexity index is 299. The molecule has 3 nitrogen and oxygen atoms in total. The summed E-state index contributed by atoms with van der Waals surface area (Å²) in [5.74, 6) is -2.06. The average Bonchev–Trinajstić information content (AvgIpc) is 2.68. The van der Waals surface area contributed by atoms with Gasteiger partial charge in [-0.2, -0.15) is 0 Å². The van der Waals surface area contributed by atoms with Gasteiger partial charge in [-0.1, -0.05) is 19.3 Å². The van der Waals surface area contributed by atoms with Crippen molar-refractivity contribution >= 4 is 5.96 Å². The first-order chi connectivity index (χ1) is 8.55. The minimum absolute atomic E-state index is 0.00312. The number of rotatable bonds is 3. The van der Waals surface area contributed by atoms with Gasteiger partial charge in [-0.3, -0.25) is 4.99 Å². The molecule has 0 bridgehead atoms. The maximum Gasteiger partial charge on any atom is 0.248 e. The lowest BCUT2D eigenvalue weighted by Crippen LogP contribution is -2.41. The van der Waals surface area contributed by atoms with Crippen LogP contribution in [0, 0.1) is 5.92 Å². The van der Waals surface area contributed by atoms with Crippen LogP contribution in [0.15, 0.2) is 4.99 Å². The summed E-state index contributed by atoms with van der Waals surface area (Å²) in [6.07, 6.45) is 6.57. The van der Waals surface area contributed by atoms with Crippen LogP contribution >= 0.6 is 0 Å². The largest absolute Gasteiger partial charge is 0.370 e. The zero-order valence-electron chi connectivity index (χ0n) is 10.8. The van der Waals surface area contributed by atoms with Crippen LogP contribution < -0.4 is 11.1 Å². The number of guanidine groups is 1. The van der Waals surface area contributed by atoms with Crippen molar-refractivity contribution in [2.75, 3.05) is 6.54 Å². The molecular formula is C13H23F2N3. The monoisotopic (exact) mass is 259 g/mol. The smallest absolute Gasteiger partial charge is 0.248 e. The van der Waals surface area contributed by atoms with E-state index in [4.69, 9.17) is 5.73 Å². The normalized spacial score (nSPS) is 29.4. The highest BCUT2D eigenvalue weighted by atomic mass is 19.3. The van der Waals surface area contributed by atoms with Crippen LogP contribution in [-0.2, 0) is 0 Å². The molecule has 0 saturated heterocycles. The zero-order chi connectivity index (χ0) is 13.0. The number of halogens is 2. The van der Waals surface area contributed by atoms with E-state index in [1.807, 2.05) is 0 Å². The van der Waals surface area contributed by atoms with Crippen molar-refractivity contribution < 1.29 is 8.78 Å². The van der Waals surface area contributed by atoms with E-state index in [1.54, 1.807) is 0 Å². The van der Waals surface area contributed by atoms with E-state index in [0.29, 0.717) is 25.0 Å². The van der Waals surface area contributed by atoms with E-state index in [-0.39, 0.29) is 18.8 Å². The maximum atomic E-state index is 13.0. The second-order valence-corrected chi connectivity index (χ2v) is 5.67. The third kappa shape index (κ3) is 4.10. The van der Waals surface area contributed by atoms with Gasteiger partial charge in [0, 0.05) is 25.4 Å². The number of hydrogen-bond acceptors (Lipinski definition) is 1. The Kier molecular flexibility index (Phi) is 4.40. The molecule has 2 fully saturated rings. The van der Waals surface area contributed by atoms with Crippen molar-refractivity contribution in [3.63, 3.8) is 0 Å². The number of nitrogens with one attached hydrogen (secondary N) is 1. The Morgan fingerprint density at radius 1 is 1.22 bits per heavy atom. The van der Waals surface area contributed by atoms with Gasteiger partial charge in [-0.05, 0) is 25.2 Å². The van der Waals surface area contributed by atoms with E-state index in [9.17, 15) is 8.78 Å². The van der Waals surface area contributed by atoms with Gasteiger partial charge in [0.05, 0.1) is 0 Å². The highest BCUT2D eigenvalue weighted by Gasteiger charge is 2.39. The van der Waals surface area contributed by atoms with Crippen molar-refractivity contribution in [1.82, 2.24) is 5.32 Å². The summed E-state index contributed by atoms with van der Waals surface area (Å²) in [4.78, 5) is 4.22. The summed E-state index contributed by atoms with van der Waals surface area (Å²) in [5, 5.41) is 3.20. The Hall–Kier alpha value is -0.870. The molecule has 0 aliphatic heterocycles. The zero-order valence-corrected chi connectivity index (χ0v) is 10.8. The fourth-order valence-corrected chi connectivity index (χ4v) is 2.93. The number of nitrogens with two attached hydrogens (primary N) is 1. The first kappa shape index (κ1) is 13.6. The van der Waals surface area contributed by atoms with Crippen LogP contribution in [0.3, 0.4) is 0 Å². The average molecular weight is 259 g/mol. The lowest BCUT2D eigenvalue weighted by molar-refractivity contribution is 0.00542. The van der Waals surface area contributed by atoms with E-state index in [1.165, 1.54) is 19.3 Å². The fraction of sp³-hybridized carbons (Fsp3) is 0.923. The number of aliphatic imine (C=N–C) groups is 1. The van der Waals surface area contributed by atoms with Crippen LogP contribution in [0.2, 0.25) is 0 Å². The van der Waals surface area contributed by atoms with Crippen LogP contribution in [-0.4, -0.2) is 24.5 Å². The standard InChI is InChI=1S/C13H23F2N3/c14-13(15)7-6-10(8-13)9-17-12(16)18-11-4-2-1-3-5-11/h10-11H,1-9H2,(H3,16,17,18). The summed E-state index contributed by atoms with van der Waals surface area (Å²) in [7, 11) is 0. The molecular weight excluding hydrogens is 236 g/mol. The topological polar surface area (TPSA) is 50.4 Å². The molecule has 5 heteroatoms. The molecule has 0 aromatic rings. The molecule has 3 N–H and O–H groups in total. The van der Waals surface area contributed by atoms with Crippen molar-refractivity contribution in [2.24, 2.45) is 16.6 Å². The SMILES string of the molecule is NC(=NCC1CCC(F)(F)C1)NC1CCCCC1. The predicted octanol–water partition coefficient (Wildman–Crippen LogP) is 2.66. The first-order valence-electron chi connectivity index (χ1n) is 6.99. The second-order valence-electron chi connectivity index (χ2n) is 5.67. The highest BCUT2D eigenvalue weighted by molar-refractivity contribution is 5.78. The third-order valence-corrected chi connectivity index (χ3v) is 3.98. The molecule has 0 amide bonds. The van der Waals surface area contributed by atoms with E-state index in [2.05, 4.69) is 10.3 Å². The number of nitrogens with zero attached hydrogens (tertiary/aromatic N) is 1. The van der Waals surface area contributed by atoms with Crippen LogP contribution in [0.4, 0.5) is 8.78 Å². The summed E-state index contributed by atoms with van der Waals surface area (Å²) in [6, 6.07) is 0.424. The van der Waals surface area contributed by atoms with Gasteiger partial charge in [0.15, 0.2) is 5.96 Å². The molecule has 0 aromatic heterocycles. The van der Waals surface area contributed by atoms with Crippen LogP contribution in [0.5, 0.6) is 0 Å². The van der Waals surface area contributed by atoms with E-state index in [0.717, 1.165) is 12.8 Å². The van der Waals surface area contributed by atoms with Gasteiger partial charge < -0.3 is 11.1 Å². The van der Waals surface area contributed by atoms with Gasteiger partial charge in [0.25, 0.3) is 0 Å². The molecule has 104 valence electrons. The molecule has 2 aliphatic rings. The summed E-state index contributed by atoms with van der Waals surface area (Å²) in [6.45, 7) is 0.432. The number of hydrogen-bond donors (Lipinski definition) is 2. The van der Waals surface area contributed by atoms with Crippen molar-refractivity contribution in [1.29, 1.82) is 0 Å². The Morgan fingerprint density at radius 3 is 2.56 bits per heavy atom. The van der Waals surface area contributed by atoms with Gasteiger partial charge in [0.1, 0.15) is 0 Å². The first-order valence-corrected chi connectivity index (χ1v) is 6.99. The second kappa shape index (κ2) is 5.85. The summed E-state index contributed by atoms with van der Waals surface area (Å²) in [5.41, 5.74) is 5.80. The minimum atomic E-state index is -2.48. The van der Waals surface area contributed by atoms with Crippen molar-refractivity contribution in [3.05, 3.63) is 0 Å². The van der Waals surface area contributed by atoms with Gasteiger partial charge >= 0.3 is 0 Å². The minimum Gasteiger partial charge on any atom is -0.370 e. The van der Waals surface area contributed by atoms with Crippen LogP contribution in [0.25, 0.3) is 0 Å². The van der Waals surface area contributed by atoms with Crippen molar-refractivity contribution in [3.8, 4) is 0 Å². The fourth-order valence-electron chi connectivity index (χ4n) is 2.93. The molecule has 18 heavy (non-hydrogen) atoms. The summed E-state index contributed by atoms with van der Waals surface area (Å²) >= 11 is 0. The molecule has 2 rings (SSSR count). The number of alkyl halides is 2. The Labute approximate surface area is 107 Å². The summed E-state index contributed by atoms with van der Waals surface area (Å²) < 4.78 is 26.0. The molecule has 2 aliphatic carbocycles. The molecule has 0 radical (unpaired) electrons. The van der Waals surface area contributed by atoms with E-state index >= 15 is 0 Å². The molecule has 0 aromatic carbocycles. The third-order valence-electron chi connectivity index (χ3n) is 3.98. The molecule has 1 unspecified atom stereocenters. The lowest BCUT2D eigenvalue weighted by Gasteiger charge is -2.23. The van der Waals surface area contributed by atoms with Gasteiger partial charge in [0.2, 0.25) is 5.92 Å². The highest BCUT2D eigenvalue weighted by Crippen LogP contribution is 2.38. The van der Waals surface area contributed by atoms with E-state index < -0.39 is 5.92 Å². The van der Waals surface area contributed by atoms with Crippen molar-refractivity contribution in [2.45, 2.75) is 63.3 Å². The van der Waals surface area contributed by atoms with Gasteiger partial charge in [-0.15, -0.1) is 0 Å². The quantitative estimate of drug-likeness (QED) is 0.604. The Balaban J connectivity index is 1.71.